The van der Waals surface area contributed by atoms with Crippen molar-refractivity contribution in [3.63, 3.8) is 0 Å². The van der Waals surface area contributed by atoms with Crippen molar-refractivity contribution in [2.75, 3.05) is 0 Å². The smallest absolute Gasteiger partial charge is 0.0329 e. The van der Waals surface area contributed by atoms with E-state index < -0.39 is 0 Å². The van der Waals surface area contributed by atoms with Crippen LogP contribution in [-0.4, -0.2) is 0 Å². The first-order valence-corrected chi connectivity index (χ1v) is 24.7. The molecule has 4 aromatic carbocycles. The van der Waals surface area contributed by atoms with Gasteiger partial charge in [0.05, 0.1) is 0 Å². The molecule has 0 radical (unpaired) electrons. The third-order valence-corrected chi connectivity index (χ3v) is 19.4. The van der Waals surface area contributed by atoms with Crippen molar-refractivity contribution in [1.29, 1.82) is 0 Å². The monoisotopic (exact) mass is 804 g/mol. The Morgan fingerprint density at radius 3 is 0.855 bits per heavy atom. The second-order valence-corrected chi connectivity index (χ2v) is 23.5. The lowest BCUT2D eigenvalue weighted by Gasteiger charge is -2.77. The van der Waals surface area contributed by atoms with Crippen molar-refractivity contribution in [3.8, 4) is 47.4 Å². The molecule has 0 N–H and O–H groups in total. The molecule has 0 heteroatoms. The Morgan fingerprint density at radius 1 is 0.274 bits per heavy atom. The van der Waals surface area contributed by atoms with Gasteiger partial charge < -0.3 is 0 Å². The minimum absolute atomic E-state index is 0.208. The fourth-order valence-corrected chi connectivity index (χ4v) is 18.6. The Kier molecular flexibility index (Phi) is 8.39. The summed E-state index contributed by atoms with van der Waals surface area (Å²) in [6.45, 7) is 0. The fraction of sp³-hybridized carbons (Fsp3) is 0.484. The molecule has 12 fully saturated rings. The molecule has 0 aliphatic heterocycles. The van der Waals surface area contributed by atoms with Crippen LogP contribution in [0.25, 0.3) is 0 Å². The van der Waals surface area contributed by atoms with Crippen LogP contribution < -0.4 is 0 Å². The van der Waals surface area contributed by atoms with E-state index >= 15 is 0 Å². The van der Waals surface area contributed by atoms with Gasteiger partial charge in [-0.25, -0.2) is 0 Å². The number of rotatable bonds is 2. The zero-order chi connectivity index (χ0) is 41.0. The van der Waals surface area contributed by atoms with Crippen LogP contribution >= 0.6 is 0 Å². The molecule has 0 spiro atoms. The van der Waals surface area contributed by atoms with Gasteiger partial charge in [-0.15, -0.1) is 0 Å². The summed E-state index contributed by atoms with van der Waals surface area (Å²) in [4.78, 5) is 0. The highest BCUT2D eigenvalue weighted by atomic mass is 14.8. The molecule has 16 rings (SSSR count). The molecule has 0 saturated heterocycles. The second-order valence-electron chi connectivity index (χ2n) is 23.5. The average Bonchev–Trinajstić information content (AvgIpc) is 3.26. The topological polar surface area (TPSA) is 0 Å². The van der Waals surface area contributed by atoms with Crippen molar-refractivity contribution in [2.24, 2.45) is 68.0 Å². The zero-order valence-electron chi connectivity index (χ0n) is 36.6. The van der Waals surface area contributed by atoms with Gasteiger partial charge in [-0.1, -0.05) is 83.8 Å². The lowest BCUT2D eigenvalue weighted by molar-refractivity contribution is -0.275. The summed E-state index contributed by atoms with van der Waals surface area (Å²) < 4.78 is 0. The Labute approximate surface area is 371 Å². The summed E-state index contributed by atoms with van der Waals surface area (Å²) in [5.41, 5.74) is 9.08. The van der Waals surface area contributed by atoms with Crippen molar-refractivity contribution in [2.45, 2.75) is 116 Å². The first kappa shape index (κ1) is 37.7. The maximum absolute atomic E-state index is 4.14. The van der Waals surface area contributed by atoms with Gasteiger partial charge >= 0.3 is 0 Å². The third kappa shape index (κ3) is 6.22. The summed E-state index contributed by atoms with van der Waals surface area (Å²) in [6.07, 6.45) is 26.5. The largest absolute Gasteiger partial charge is 0.0910 e. The molecule has 4 atom stereocenters. The molecule has 0 amide bonds. The molecule has 0 aromatic heterocycles. The lowest BCUT2D eigenvalue weighted by atomic mass is 9.27. The maximum atomic E-state index is 4.14. The van der Waals surface area contributed by atoms with Crippen molar-refractivity contribution in [3.05, 3.63) is 143 Å². The van der Waals surface area contributed by atoms with Gasteiger partial charge in [-0.2, -0.15) is 0 Å². The van der Waals surface area contributed by atoms with E-state index in [1.807, 2.05) is 12.1 Å². The first-order chi connectivity index (χ1) is 30.3. The molecule has 62 heavy (non-hydrogen) atoms. The Bertz CT molecular complexity index is 2440. The van der Waals surface area contributed by atoms with Crippen molar-refractivity contribution in [1.82, 2.24) is 0 Å². The predicted octanol–water partition coefficient (Wildman–Crippen LogP) is 13.6. The molecule has 12 saturated carbocycles. The van der Waals surface area contributed by atoms with Crippen LogP contribution in [0.2, 0.25) is 0 Å². The van der Waals surface area contributed by atoms with Gasteiger partial charge in [0, 0.05) is 44.2 Å². The molecular formula is C62H60. The van der Waals surface area contributed by atoms with Gasteiger partial charge in [-0.05, 0) is 246 Å². The van der Waals surface area contributed by atoms with E-state index in [-0.39, 0.29) is 10.8 Å². The predicted molar refractivity (Wildman–Crippen MR) is 250 cm³/mol. The Morgan fingerprint density at radius 2 is 0.532 bits per heavy atom. The van der Waals surface area contributed by atoms with Crippen LogP contribution in [-0.2, 0) is 0 Å². The molecule has 12 aliphatic rings. The van der Waals surface area contributed by atoms with Crippen molar-refractivity contribution < 1.29 is 0 Å². The van der Waals surface area contributed by atoms with Crippen LogP contribution in [0, 0.1) is 115 Å². The van der Waals surface area contributed by atoms with Crippen LogP contribution in [0.1, 0.15) is 149 Å². The highest BCUT2D eigenvalue weighted by molar-refractivity contribution is 5.48. The normalized spacial score (nSPS) is 40.6. The zero-order valence-corrected chi connectivity index (χ0v) is 36.6. The average molecular weight is 805 g/mol. The first-order valence-electron chi connectivity index (χ1n) is 24.7. The molecule has 12 bridgehead atoms. The van der Waals surface area contributed by atoms with Crippen LogP contribution in [0.5, 0.6) is 0 Å². The Balaban J connectivity index is 0.780. The van der Waals surface area contributed by atoms with Crippen LogP contribution in [0.15, 0.2) is 109 Å². The van der Waals surface area contributed by atoms with Gasteiger partial charge in [0.15, 0.2) is 0 Å². The van der Waals surface area contributed by atoms with Crippen LogP contribution in [0.3, 0.4) is 0 Å². The molecular weight excluding hydrogens is 745 g/mol. The second kappa shape index (κ2) is 13.8. The highest BCUT2D eigenvalue weighted by Crippen LogP contribution is 2.83. The van der Waals surface area contributed by atoms with E-state index in [1.54, 1.807) is 32.1 Å². The number of benzene rings is 4. The summed E-state index contributed by atoms with van der Waals surface area (Å²) in [7, 11) is 0. The summed E-state index contributed by atoms with van der Waals surface area (Å²) in [6, 6.07) is 38.2. The lowest BCUT2D eigenvalue weighted by Crippen LogP contribution is -2.68. The third-order valence-electron chi connectivity index (χ3n) is 19.4. The SMILES string of the molecule is C(#Cc1ccc(C#CC23CC4CC(C2)CC(C25CC6CC(C2)CC(C27CC8CC(CC(C#Cc9ccc(C#Cc%10ccccc%10)cc9)(C8)C2)C7)(C6)C5)(C4)C3)cc1)c1ccccc1. The summed E-state index contributed by atoms with van der Waals surface area (Å²) >= 11 is 0. The fourth-order valence-electron chi connectivity index (χ4n) is 18.6. The maximum Gasteiger partial charge on any atom is 0.0329 e. The van der Waals surface area contributed by atoms with Crippen LogP contribution in [0.4, 0.5) is 0 Å². The Hall–Kier alpha value is -4.88. The van der Waals surface area contributed by atoms with E-state index in [1.165, 1.54) is 83.5 Å². The van der Waals surface area contributed by atoms with Gasteiger partial charge in [0.1, 0.15) is 0 Å². The van der Waals surface area contributed by atoms with Gasteiger partial charge in [0.2, 0.25) is 0 Å². The van der Waals surface area contributed by atoms with E-state index in [4.69, 9.17) is 0 Å². The number of hydrogen-bond acceptors (Lipinski definition) is 0. The number of hydrogen-bond donors (Lipinski definition) is 0. The summed E-state index contributed by atoms with van der Waals surface area (Å²) in [5.74, 6) is 34.7. The molecule has 308 valence electrons. The minimum atomic E-state index is 0.208. The molecule has 4 unspecified atom stereocenters. The summed E-state index contributed by atoms with van der Waals surface area (Å²) in [5, 5.41) is 0. The van der Waals surface area contributed by atoms with Gasteiger partial charge in [-0.3, -0.25) is 0 Å². The van der Waals surface area contributed by atoms with E-state index in [0.717, 1.165) is 68.9 Å². The van der Waals surface area contributed by atoms with Crippen molar-refractivity contribution >= 4 is 0 Å². The molecule has 0 heterocycles. The van der Waals surface area contributed by atoms with Gasteiger partial charge in [0.25, 0.3) is 0 Å². The highest BCUT2D eigenvalue weighted by Gasteiger charge is 2.74. The molecule has 12 aliphatic carbocycles. The quantitative estimate of drug-likeness (QED) is 0.177. The van der Waals surface area contributed by atoms with E-state index in [9.17, 15) is 0 Å². The van der Waals surface area contributed by atoms with E-state index in [0.29, 0.717) is 21.7 Å². The van der Waals surface area contributed by atoms with E-state index in [2.05, 4.69) is 144 Å². The minimum Gasteiger partial charge on any atom is -0.0910 e. The molecule has 4 aromatic rings. The standard InChI is InChI=1S/C62H60/c1-3-7-45(8-4-1)11-13-47-15-19-49(20-16-47)23-25-57-30-51-27-52(31-57)35-59(34-51,42-57)61-38-55-29-56(39-61)41-62(40-55,44-61)60-36-53-28-54(37-60)33-58(32-53,43-60)26-24-50-21-17-48(18-22-50)14-12-46-9-5-2-6-10-46/h1-10,15-22,51-56H,27-44H2. The molecule has 0 nitrogen and oxygen atoms in total.